The summed E-state index contributed by atoms with van der Waals surface area (Å²) in [5.41, 5.74) is 1.99. The van der Waals surface area contributed by atoms with Crippen LogP contribution in [0.3, 0.4) is 0 Å². The molecule has 0 unspecified atom stereocenters. The quantitative estimate of drug-likeness (QED) is 0.746. The van der Waals surface area contributed by atoms with E-state index in [0.717, 1.165) is 5.69 Å². The highest BCUT2D eigenvalue weighted by atomic mass is 16.5. The summed E-state index contributed by atoms with van der Waals surface area (Å²) in [6.45, 7) is 2.55. The zero-order valence-electron chi connectivity index (χ0n) is 16.7. The molecule has 8 nitrogen and oxygen atoms in total. The summed E-state index contributed by atoms with van der Waals surface area (Å²) < 4.78 is 20.7. The van der Waals surface area contributed by atoms with Gasteiger partial charge in [0.1, 0.15) is 11.5 Å². The van der Waals surface area contributed by atoms with Crippen molar-refractivity contribution < 1.29 is 28.5 Å². The van der Waals surface area contributed by atoms with Gasteiger partial charge in [0.15, 0.2) is 0 Å². The smallest absolute Gasteiger partial charge is 0.340 e. The first-order chi connectivity index (χ1) is 14.0. The van der Waals surface area contributed by atoms with Crippen molar-refractivity contribution in [1.29, 1.82) is 0 Å². The second kappa shape index (κ2) is 9.29. The summed E-state index contributed by atoms with van der Waals surface area (Å²) in [4.78, 5) is 27.1. The molecule has 1 amide bonds. The Bertz CT molecular complexity index is 870. The minimum Gasteiger partial charge on any atom is -0.497 e. The highest BCUT2D eigenvalue weighted by Crippen LogP contribution is 2.27. The van der Waals surface area contributed by atoms with Crippen molar-refractivity contribution in [1.82, 2.24) is 0 Å². The lowest BCUT2D eigenvalue weighted by Gasteiger charge is -2.30. The van der Waals surface area contributed by atoms with Crippen molar-refractivity contribution >= 4 is 23.3 Å². The van der Waals surface area contributed by atoms with Gasteiger partial charge in [-0.15, -0.1) is 0 Å². The van der Waals surface area contributed by atoms with E-state index in [0.29, 0.717) is 54.6 Å². The average molecular weight is 400 g/mol. The average Bonchev–Trinajstić information content (AvgIpc) is 2.78. The maximum Gasteiger partial charge on any atom is 0.340 e. The zero-order valence-corrected chi connectivity index (χ0v) is 16.7. The molecule has 2 aromatic carbocycles. The lowest BCUT2D eigenvalue weighted by Crippen LogP contribution is -2.37. The minimum atomic E-state index is -0.467. The number of amides is 1. The maximum atomic E-state index is 12.7. The number of nitrogens with zero attached hydrogens (tertiary/aromatic N) is 1. The first kappa shape index (κ1) is 20.5. The van der Waals surface area contributed by atoms with E-state index in [4.69, 9.17) is 18.9 Å². The molecule has 0 radical (unpaired) electrons. The van der Waals surface area contributed by atoms with Crippen molar-refractivity contribution in [3.63, 3.8) is 0 Å². The van der Waals surface area contributed by atoms with Gasteiger partial charge < -0.3 is 29.2 Å². The number of carbonyl (C=O) groups is 2. The number of methoxy groups -OCH3 is 3. The SMILES string of the molecule is COC(=O)c1cc(NC(=O)c2cc(OC)cc(OC)c2)ccc1N1CCOCC1. The van der Waals surface area contributed by atoms with Crippen molar-refractivity contribution in [2.45, 2.75) is 0 Å². The van der Waals surface area contributed by atoms with Crippen LogP contribution < -0.4 is 19.7 Å². The van der Waals surface area contributed by atoms with Crippen LogP contribution in [0, 0.1) is 0 Å². The Hall–Kier alpha value is -3.26. The first-order valence-corrected chi connectivity index (χ1v) is 9.15. The third-order valence-corrected chi connectivity index (χ3v) is 4.63. The van der Waals surface area contributed by atoms with Gasteiger partial charge in [-0.2, -0.15) is 0 Å². The molecule has 0 bridgehead atoms. The summed E-state index contributed by atoms with van der Waals surface area (Å²) in [6.07, 6.45) is 0. The predicted octanol–water partition coefficient (Wildman–Crippen LogP) is 2.58. The van der Waals surface area contributed by atoms with Crippen molar-refractivity contribution in [3.8, 4) is 11.5 Å². The maximum absolute atomic E-state index is 12.7. The monoisotopic (exact) mass is 400 g/mol. The summed E-state index contributed by atoms with van der Waals surface area (Å²) in [6, 6.07) is 10.1. The second-order valence-corrected chi connectivity index (χ2v) is 6.38. The highest BCUT2D eigenvalue weighted by Gasteiger charge is 2.20. The molecule has 0 atom stereocenters. The van der Waals surface area contributed by atoms with E-state index < -0.39 is 5.97 Å². The molecule has 0 saturated carbocycles. The molecular formula is C21H24N2O6. The minimum absolute atomic E-state index is 0.350. The van der Waals surface area contributed by atoms with Crippen LogP contribution in [0.2, 0.25) is 0 Å². The molecule has 1 fully saturated rings. The van der Waals surface area contributed by atoms with E-state index in [1.54, 1.807) is 36.4 Å². The molecule has 1 N–H and O–H groups in total. The molecule has 3 rings (SSSR count). The predicted molar refractivity (Wildman–Crippen MR) is 108 cm³/mol. The summed E-state index contributed by atoms with van der Waals surface area (Å²) in [5.74, 6) is 0.197. The summed E-state index contributed by atoms with van der Waals surface area (Å²) >= 11 is 0. The van der Waals surface area contributed by atoms with Gasteiger partial charge in [-0.05, 0) is 30.3 Å². The van der Waals surface area contributed by atoms with Gasteiger partial charge >= 0.3 is 5.97 Å². The fourth-order valence-corrected chi connectivity index (χ4v) is 3.11. The Kier molecular flexibility index (Phi) is 6.56. The van der Waals surface area contributed by atoms with E-state index in [2.05, 4.69) is 10.2 Å². The number of hydrogen-bond donors (Lipinski definition) is 1. The number of morpholine rings is 1. The number of benzene rings is 2. The molecule has 1 aliphatic heterocycles. The number of rotatable bonds is 6. The second-order valence-electron chi connectivity index (χ2n) is 6.38. The van der Waals surface area contributed by atoms with Gasteiger partial charge in [0.25, 0.3) is 5.91 Å². The van der Waals surface area contributed by atoms with Crippen LogP contribution in [0.25, 0.3) is 0 Å². The number of carbonyl (C=O) groups excluding carboxylic acids is 2. The molecular weight excluding hydrogens is 376 g/mol. The molecule has 1 saturated heterocycles. The Balaban J connectivity index is 1.87. The van der Waals surface area contributed by atoms with Crippen LogP contribution in [-0.4, -0.2) is 59.5 Å². The molecule has 29 heavy (non-hydrogen) atoms. The standard InChI is InChI=1S/C21H24N2O6/c1-26-16-10-14(11-17(13-16)27-2)20(24)22-15-4-5-19(18(12-15)21(25)28-3)23-6-8-29-9-7-23/h4-5,10-13H,6-9H2,1-3H3,(H,22,24). The third kappa shape index (κ3) is 4.78. The van der Waals surface area contributed by atoms with Crippen molar-refractivity contribution in [3.05, 3.63) is 47.5 Å². The van der Waals surface area contributed by atoms with Crippen molar-refractivity contribution in [2.75, 3.05) is 57.8 Å². The van der Waals surface area contributed by atoms with Crippen LogP contribution in [0.5, 0.6) is 11.5 Å². The Morgan fingerprint density at radius 3 is 2.21 bits per heavy atom. The Morgan fingerprint density at radius 2 is 1.62 bits per heavy atom. The van der Waals surface area contributed by atoms with Crippen LogP contribution in [0.1, 0.15) is 20.7 Å². The molecule has 8 heteroatoms. The molecule has 0 aromatic heterocycles. The number of nitrogens with one attached hydrogen (secondary N) is 1. The number of hydrogen-bond acceptors (Lipinski definition) is 7. The molecule has 154 valence electrons. The number of ether oxygens (including phenoxy) is 4. The van der Waals surface area contributed by atoms with E-state index >= 15 is 0 Å². The van der Waals surface area contributed by atoms with Crippen LogP contribution in [0.4, 0.5) is 11.4 Å². The van der Waals surface area contributed by atoms with E-state index in [1.165, 1.54) is 21.3 Å². The van der Waals surface area contributed by atoms with Gasteiger partial charge in [-0.3, -0.25) is 4.79 Å². The fourth-order valence-electron chi connectivity index (χ4n) is 3.11. The van der Waals surface area contributed by atoms with Crippen LogP contribution in [-0.2, 0) is 9.47 Å². The largest absolute Gasteiger partial charge is 0.497 e. The summed E-state index contributed by atoms with van der Waals surface area (Å²) in [5, 5.41) is 2.81. The van der Waals surface area contributed by atoms with Crippen LogP contribution in [0.15, 0.2) is 36.4 Å². The Labute approximate surface area is 169 Å². The number of anilines is 2. The molecule has 2 aromatic rings. The van der Waals surface area contributed by atoms with Gasteiger partial charge in [0.05, 0.1) is 45.8 Å². The Morgan fingerprint density at radius 1 is 0.966 bits per heavy atom. The fraction of sp³-hybridized carbons (Fsp3) is 0.333. The van der Waals surface area contributed by atoms with Gasteiger partial charge in [0.2, 0.25) is 0 Å². The molecule has 1 aliphatic rings. The van der Waals surface area contributed by atoms with E-state index in [1.807, 2.05) is 0 Å². The summed E-state index contributed by atoms with van der Waals surface area (Å²) in [7, 11) is 4.37. The topological polar surface area (TPSA) is 86.3 Å². The molecule has 0 aliphatic carbocycles. The first-order valence-electron chi connectivity index (χ1n) is 9.15. The van der Waals surface area contributed by atoms with Crippen molar-refractivity contribution in [2.24, 2.45) is 0 Å². The van der Waals surface area contributed by atoms with Gasteiger partial charge in [-0.25, -0.2) is 4.79 Å². The van der Waals surface area contributed by atoms with E-state index in [-0.39, 0.29) is 5.91 Å². The van der Waals surface area contributed by atoms with Gasteiger partial charge in [-0.1, -0.05) is 0 Å². The lowest BCUT2D eigenvalue weighted by atomic mass is 10.1. The van der Waals surface area contributed by atoms with Crippen LogP contribution >= 0.6 is 0 Å². The van der Waals surface area contributed by atoms with Gasteiger partial charge in [0, 0.05) is 30.4 Å². The zero-order chi connectivity index (χ0) is 20.8. The number of esters is 1. The third-order valence-electron chi connectivity index (χ3n) is 4.63. The highest BCUT2D eigenvalue weighted by molar-refractivity contribution is 6.06. The normalized spacial score (nSPS) is 13.6. The van der Waals surface area contributed by atoms with E-state index in [9.17, 15) is 9.59 Å². The molecule has 0 spiro atoms. The lowest BCUT2D eigenvalue weighted by molar-refractivity contribution is 0.0600. The molecule has 1 heterocycles.